The molecule has 0 aliphatic rings. The average molecular weight is 177 g/mol. The number of unbranched alkanes of at least 4 members (excludes halogenated alkanes) is 1. The third-order valence-corrected chi connectivity index (χ3v) is 2.46. The lowest BCUT2D eigenvalue weighted by Crippen LogP contribution is -2.12. The van der Waals surface area contributed by atoms with Gasteiger partial charge in [0.1, 0.15) is 0 Å². The summed E-state index contributed by atoms with van der Waals surface area (Å²) in [5.41, 5.74) is 7.13. The topological polar surface area (TPSA) is 26.0 Å². The Kier molecular flexibility index (Phi) is 4.55. The second kappa shape index (κ2) is 5.76. The Morgan fingerprint density at radius 1 is 1.23 bits per heavy atom. The van der Waals surface area contributed by atoms with E-state index in [1.807, 2.05) is 0 Å². The van der Waals surface area contributed by atoms with Crippen LogP contribution < -0.4 is 5.73 Å². The number of benzene rings is 1. The molecule has 1 aromatic carbocycles. The molecular formula is C12H19N. The average Bonchev–Trinajstić information content (AvgIpc) is 2.21. The highest BCUT2D eigenvalue weighted by Crippen LogP contribution is 2.20. The van der Waals surface area contributed by atoms with Crippen LogP contribution in [0.5, 0.6) is 0 Å². The Morgan fingerprint density at radius 3 is 2.46 bits per heavy atom. The molecule has 0 radical (unpaired) electrons. The van der Waals surface area contributed by atoms with Crippen molar-refractivity contribution in [3.63, 3.8) is 0 Å². The molecule has 0 aliphatic heterocycles. The minimum Gasteiger partial charge on any atom is -0.330 e. The minimum absolute atomic E-state index is 0.557. The van der Waals surface area contributed by atoms with Crippen LogP contribution in [0.4, 0.5) is 0 Å². The van der Waals surface area contributed by atoms with Crippen molar-refractivity contribution in [2.75, 3.05) is 6.54 Å². The van der Waals surface area contributed by atoms with Gasteiger partial charge in [0, 0.05) is 0 Å². The van der Waals surface area contributed by atoms with Crippen molar-refractivity contribution < 1.29 is 0 Å². The summed E-state index contributed by atoms with van der Waals surface area (Å²) >= 11 is 0. The van der Waals surface area contributed by atoms with Crippen LogP contribution >= 0.6 is 0 Å². The van der Waals surface area contributed by atoms with Gasteiger partial charge in [-0.05, 0) is 24.4 Å². The summed E-state index contributed by atoms with van der Waals surface area (Å²) in [4.78, 5) is 0. The zero-order valence-corrected chi connectivity index (χ0v) is 8.37. The SMILES string of the molecule is CCCCC(CN)c1ccccc1. The van der Waals surface area contributed by atoms with Gasteiger partial charge in [0.15, 0.2) is 0 Å². The van der Waals surface area contributed by atoms with Crippen LogP contribution in [0.2, 0.25) is 0 Å². The monoisotopic (exact) mass is 177 g/mol. The molecule has 1 nitrogen and oxygen atoms in total. The largest absolute Gasteiger partial charge is 0.330 e. The molecule has 0 aliphatic carbocycles. The molecule has 1 aromatic rings. The maximum absolute atomic E-state index is 5.75. The fraction of sp³-hybridized carbons (Fsp3) is 0.500. The molecule has 0 aromatic heterocycles. The molecular weight excluding hydrogens is 158 g/mol. The zero-order chi connectivity index (χ0) is 9.52. The minimum atomic E-state index is 0.557. The summed E-state index contributed by atoms with van der Waals surface area (Å²) < 4.78 is 0. The smallest absolute Gasteiger partial charge is 0.000824 e. The maximum atomic E-state index is 5.75. The normalized spacial score (nSPS) is 12.8. The lowest BCUT2D eigenvalue weighted by atomic mass is 9.94. The van der Waals surface area contributed by atoms with Crippen LogP contribution in [-0.2, 0) is 0 Å². The quantitative estimate of drug-likeness (QED) is 0.735. The van der Waals surface area contributed by atoms with Crippen molar-refractivity contribution in [1.82, 2.24) is 0 Å². The van der Waals surface area contributed by atoms with E-state index in [4.69, 9.17) is 5.73 Å². The van der Waals surface area contributed by atoms with E-state index in [1.165, 1.54) is 24.8 Å². The molecule has 1 heteroatoms. The highest BCUT2D eigenvalue weighted by atomic mass is 14.5. The summed E-state index contributed by atoms with van der Waals surface area (Å²) in [6.45, 7) is 2.99. The maximum Gasteiger partial charge on any atom is -0.000824 e. The van der Waals surface area contributed by atoms with E-state index in [2.05, 4.69) is 37.3 Å². The van der Waals surface area contributed by atoms with E-state index in [0.29, 0.717) is 5.92 Å². The van der Waals surface area contributed by atoms with E-state index in [1.54, 1.807) is 0 Å². The first-order valence-corrected chi connectivity index (χ1v) is 5.13. The standard InChI is InChI=1S/C12H19N/c1-2-3-7-12(10-13)11-8-5-4-6-9-11/h4-6,8-9,12H,2-3,7,10,13H2,1H3. The van der Waals surface area contributed by atoms with E-state index >= 15 is 0 Å². The van der Waals surface area contributed by atoms with Gasteiger partial charge in [0.2, 0.25) is 0 Å². The number of hydrogen-bond acceptors (Lipinski definition) is 1. The summed E-state index contributed by atoms with van der Waals surface area (Å²) in [5, 5.41) is 0. The van der Waals surface area contributed by atoms with Gasteiger partial charge in [-0.3, -0.25) is 0 Å². The van der Waals surface area contributed by atoms with Gasteiger partial charge in [-0.2, -0.15) is 0 Å². The predicted octanol–water partition coefficient (Wildman–Crippen LogP) is 2.92. The van der Waals surface area contributed by atoms with Crippen LogP contribution in [0.15, 0.2) is 30.3 Å². The third-order valence-electron chi connectivity index (χ3n) is 2.46. The highest BCUT2D eigenvalue weighted by Gasteiger charge is 2.07. The second-order valence-corrected chi connectivity index (χ2v) is 3.49. The zero-order valence-electron chi connectivity index (χ0n) is 8.37. The molecule has 0 saturated heterocycles. The molecule has 0 heterocycles. The van der Waals surface area contributed by atoms with Crippen LogP contribution in [0.1, 0.15) is 37.7 Å². The van der Waals surface area contributed by atoms with Gasteiger partial charge in [-0.25, -0.2) is 0 Å². The van der Waals surface area contributed by atoms with E-state index in [-0.39, 0.29) is 0 Å². The van der Waals surface area contributed by atoms with Crippen molar-refractivity contribution in [1.29, 1.82) is 0 Å². The van der Waals surface area contributed by atoms with Gasteiger partial charge in [-0.15, -0.1) is 0 Å². The lowest BCUT2D eigenvalue weighted by molar-refractivity contribution is 0.592. The van der Waals surface area contributed by atoms with E-state index in [0.717, 1.165) is 6.54 Å². The van der Waals surface area contributed by atoms with Crippen LogP contribution in [0.25, 0.3) is 0 Å². The predicted molar refractivity (Wildman–Crippen MR) is 57.8 cm³/mol. The van der Waals surface area contributed by atoms with Gasteiger partial charge in [0.05, 0.1) is 0 Å². The Bertz CT molecular complexity index is 218. The van der Waals surface area contributed by atoms with Gasteiger partial charge in [0.25, 0.3) is 0 Å². The molecule has 1 rings (SSSR count). The summed E-state index contributed by atoms with van der Waals surface area (Å²) in [6.07, 6.45) is 3.75. The van der Waals surface area contributed by atoms with Gasteiger partial charge >= 0.3 is 0 Å². The summed E-state index contributed by atoms with van der Waals surface area (Å²) in [6, 6.07) is 10.6. The van der Waals surface area contributed by atoms with Gasteiger partial charge in [-0.1, -0.05) is 50.1 Å². The Hall–Kier alpha value is -0.820. The molecule has 0 spiro atoms. The molecule has 13 heavy (non-hydrogen) atoms. The molecule has 1 atom stereocenters. The van der Waals surface area contributed by atoms with Crippen LogP contribution in [0, 0.1) is 0 Å². The van der Waals surface area contributed by atoms with Gasteiger partial charge < -0.3 is 5.73 Å². The first-order valence-electron chi connectivity index (χ1n) is 5.13. The molecule has 2 N–H and O–H groups in total. The van der Waals surface area contributed by atoms with Crippen molar-refractivity contribution in [3.05, 3.63) is 35.9 Å². The number of rotatable bonds is 5. The number of nitrogens with two attached hydrogens (primary N) is 1. The van der Waals surface area contributed by atoms with Crippen molar-refractivity contribution >= 4 is 0 Å². The summed E-state index contributed by atoms with van der Waals surface area (Å²) in [5.74, 6) is 0.557. The molecule has 0 amide bonds. The molecule has 1 unspecified atom stereocenters. The van der Waals surface area contributed by atoms with Crippen LogP contribution in [-0.4, -0.2) is 6.54 Å². The third kappa shape index (κ3) is 3.19. The van der Waals surface area contributed by atoms with Crippen LogP contribution in [0.3, 0.4) is 0 Å². The Labute approximate surface area is 81.0 Å². The molecule has 0 fully saturated rings. The molecule has 72 valence electrons. The van der Waals surface area contributed by atoms with Crippen molar-refractivity contribution in [3.8, 4) is 0 Å². The fourth-order valence-electron chi connectivity index (χ4n) is 1.60. The van der Waals surface area contributed by atoms with E-state index in [9.17, 15) is 0 Å². The molecule has 0 saturated carbocycles. The lowest BCUT2D eigenvalue weighted by Gasteiger charge is -2.14. The number of hydrogen-bond donors (Lipinski definition) is 1. The first-order chi connectivity index (χ1) is 6.38. The van der Waals surface area contributed by atoms with Crippen molar-refractivity contribution in [2.24, 2.45) is 5.73 Å². The second-order valence-electron chi connectivity index (χ2n) is 3.49. The van der Waals surface area contributed by atoms with E-state index < -0.39 is 0 Å². The molecule has 0 bridgehead atoms. The Balaban J connectivity index is 2.56. The highest BCUT2D eigenvalue weighted by molar-refractivity contribution is 5.19. The summed E-state index contributed by atoms with van der Waals surface area (Å²) in [7, 11) is 0. The Morgan fingerprint density at radius 2 is 1.92 bits per heavy atom. The fourth-order valence-corrected chi connectivity index (χ4v) is 1.60. The van der Waals surface area contributed by atoms with Crippen molar-refractivity contribution in [2.45, 2.75) is 32.1 Å². The first kappa shape index (κ1) is 10.3.